The minimum atomic E-state index is 0.192. The fourth-order valence-electron chi connectivity index (χ4n) is 2.87. The molecule has 1 unspecified atom stereocenters. The average molecular weight is 405 g/mol. The smallest absolute Gasteiger partial charge is 0.191 e. The van der Waals surface area contributed by atoms with E-state index in [2.05, 4.69) is 46.8 Å². The van der Waals surface area contributed by atoms with Crippen LogP contribution in [0.5, 0.6) is 11.5 Å². The molecule has 1 atom stereocenters. The van der Waals surface area contributed by atoms with Gasteiger partial charge in [-0.3, -0.25) is 4.99 Å². The summed E-state index contributed by atoms with van der Waals surface area (Å²) in [6.07, 6.45) is 0. The van der Waals surface area contributed by atoms with Crippen molar-refractivity contribution in [1.82, 2.24) is 15.5 Å². The third kappa shape index (κ3) is 6.04. The number of aliphatic imine (C=N–C) groups is 1. The maximum Gasteiger partial charge on any atom is 0.191 e. The van der Waals surface area contributed by atoms with Gasteiger partial charge < -0.3 is 25.0 Å². The summed E-state index contributed by atoms with van der Waals surface area (Å²) in [5.74, 6) is 2.15. The van der Waals surface area contributed by atoms with Crippen LogP contribution < -0.4 is 20.1 Å². The Bertz CT molecular complexity index is 778. The van der Waals surface area contributed by atoms with Crippen molar-refractivity contribution in [3.05, 3.63) is 58.6 Å². The summed E-state index contributed by atoms with van der Waals surface area (Å²) in [6, 6.07) is 14.0. The molecule has 28 heavy (non-hydrogen) atoms. The summed E-state index contributed by atoms with van der Waals surface area (Å²) >= 11 is 6.01. The molecule has 0 saturated carbocycles. The van der Waals surface area contributed by atoms with Crippen LogP contribution in [0.15, 0.2) is 47.5 Å². The van der Waals surface area contributed by atoms with E-state index in [0.717, 1.165) is 16.5 Å². The van der Waals surface area contributed by atoms with Crippen LogP contribution in [0.4, 0.5) is 0 Å². The highest BCUT2D eigenvalue weighted by Gasteiger charge is 2.14. The first-order valence-electron chi connectivity index (χ1n) is 9.05. The SMILES string of the molecule is CN=C(NCc1ccc(OC)c(OC)c1)NCC(c1ccc(Cl)cc1)N(C)C. The zero-order chi connectivity index (χ0) is 20.5. The predicted octanol–water partition coefficient (Wildman–Crippen LogP) is 3.33. The van der Waals surface area contributed by atoms with Gasteiger partial charge in [0.25, 0.3) is 0 Å². The quantitative estimate of drug-likeness (QED) is 0.522. The van der Waals surface area contributed by atoms with Gasteiger partial charge in [0.2, 0.25) is 0 Å². The lowest BCUT2D eigenvalue weighted by molar-refractivity contribution is 0.298. The summed E-state index contributed by atoms with van der Waals surface area (Å²) in [4.78, 5) is 6.48. The van der Waals surface area contributed by atoms with Crippen molar-refractivity contribution in [3.63, 3.8) is 0 Å². The summed E-state index contributed by atoms with van der Waals surface area (Å²) in [6.45, 7) is 1.33. The minimum Gasteiger partial charge on any atom is -0.493 e. The fourth-order valence-corrected chi connectivity index (χ4v) is 3.00. The average Bonchev–Trinajstić information content (AvgIpc) is 2.71. The topological polar surface area (TPSA) is 58.1 Å². The van der Waals surface area contributed by atoms with Crippen molar-refractivity contribution in [2.24, 2.45) is 4.99 Å². The molecule has 0 heterocycles. The lowest BCUT2D eigenvalue weighted by Gasteiger charge is -2.26. The van der Waals surface area contributed by atoms with Gasteiger partial charge in [-0.15, -0.1) is 0 Å². The summed E-state index contributed by atoms with van der Waals surface area (Å²) in [7, 11) is 9.13. The number of ether oxygens (including phenoxy) is 2. The number of hydrogen-bond donors (Lipinski definition) is 2. The number of hydrogen-bond acceptors (Lipinski definition) is 4. The molecule has 152 valence electrons. The molecule has 6 nitrogen and oxygen atoms in total. The number of methoxy groups -OCH3 is 2. The Balaban J connectivity index is 1.97. The standard InChI is InChI=1S/C21H29ClN4O2/c1-23-21(24-13-15-6-11-19(27-4)20(12-15)28-5)25-14-18(26(2)3)16-7-9-17(22)10-8-16/h6-12,18H,13-14H2,1-5H3,(H2,23,24,25). The Labute approximate surface area is 172 Å². The van der Waals surface area contributed by atoms with Gasteiger partial charge in [-0.25, -0.2) is 0 Å². The molecule has 0 aliphatic heterocycles. The molecule has 0 amide bonds. The molecule has 0 aliphatic rings. The number of nitrogens with one attached hydrogen (secondary N) is 2. The summed E-state index contributed by atoms with van der Waals surface area (Å²) in [5.41, 5.74) is 2.26. The molecule has 0 radical (unpaired) electrons. The van der Waals surface area contributed by atoms with Gasteiger partial charge in [-0.05, 0) is 49.5 Å². The Morgan fingerprint density at radius 2 is 1.71 bits per heavy atom. The van der Waals surface area contributed by atoms with E-state index in [9.17, 15) is 0 Å². The van der Waals surface area contributed by atoms with Crippen molar-refractivity contribution in [1.29, 1.82) is 0 Å². The third-order valence-electron chi connectivity index (χ3n) is 4.47. The maximum atomic E-state index is 6.01. The predicted molar refractivity (Wildman–Crippen MR) is 116 cm³/mol. The van der Waals surface area contributed by atoms with E-state index < -0.39 is 0 Å². The molecule has 2 aromatic rings. The highest BCUT2D eigenvalue weighted by atomic mass is 35.5. The number of benzene rings is 2. The molecule has 0 saturated heterocycles. The first-order chi connectivity index (χ1) is 13.5. The number of guanidine groups is 1. The van der Waals surface area contributed by atoms with Gasteiger partial charge in [0.05, 0.1) is 20.3 Å². The number of likely N-dealkylation sites (N-methyl/N-ethyl adjacent to an activating group) is 1. The highest BCUT2D eigenvalue weighted by molar-refractivity contribution is 6.30. The Kier molecular flexibility index (Phi) is 8.42. The molecule has 2 N–H and O–H groups in total. The number of halogens is 1. The normalized spacial score (nSPS) is 12.6. The number of rotatable bonds is 8. The van der Waals surface area contributed by atoms with Gasteiger partial charge in [0.15, 0.2) is 17.5 Å². The monoisotopic (exact) mass is 404 g/mol. The Morgan fingerprint density at radius 3 is 2.29 bits per heavy atom. The molecule has 7 heteroatoms. The highest BCUT2D eigenvalue weighted by Crippen LogP contribution is 2.27. The molecular formula is C21H29ClN4O2. The van der Waals surface area contributed by atoms with E-state index >= 15 is 0 Å². The molecule has 2 rings (SSSR count). The van der Waals surface area contributed by atoms with E-state index in [1.807, 2.05) is 30.3 Å². The van der Waals surface area contributed by atoms with Gasteiger partial charge in [0, 0.05) is 25.2 Å². The van der Waals surface area contributed by atoms with Crippen LogP contribution in [0.25, 0.3) is 0 Å². The van der Waals surface area contributed by atoms with Crippen LogP contribution in [-0.2, 0) is 6.54 Å². The van der Waals surface area contributed by atoms with Crippen LogP contribution in [0.2, 0.25) is 5.02 Å². The second-order valence-electron chi connectivity index (χ2n) is 6.53. The molecule has 2 aromatic carbocycles. The zero-order valence-electron chi connectivity index (χ0n) is 17.1. The first-order valence-corrected chi connectivity index (χ1v) is 9.43. The van der Waals surface area contributed by atoms with E-state index in [1.54, 1.807) is 21.3 Å². The van der Waals surface area contributed by atoms with Gasteiger partial charge in [0.1, 0.15) is 0 Å². The van der Waals surface area contributed by atoms with Crippen LogP contribution in [-0.4, -0.2) is 52.8 Å². The van der Waals surface area contributed by atoms with Crippen LogP contribution in [0, 0.1) is 0 Å². The molecular weight excluding hydrogens is 376 g/mol. The van der Waals surface area contributed by atoms with Crippen molar-refractivity contribution in [2.75, 3.05) is 41.9 Å². The van der Waals surface area contributed by atoms with Crippen molar-refractivity contribution >= 4 is 17.6 Å². The van der Waals surface area contributed by atoms with Crippen LogP contribution >= 0.6 is 11.6 Å². The zero-order valence-corrected chi connectivity index (χ0v) is 17.9. The summed E-state index contributed by atoms with van der Waals surface area (Å²) in [5, 5.41) is 7.46. The van der Waals surface area contributed by atoms with Gasteiger partial charge in [-0.2, -0.15) is 0 Å². The number of nitrogens with zero attached hydrogens (tertiary/aromatic N) is 2. The van der Waals surface area contributed by atoms with E-state index in [0.29, 0.717) is 24.6 Å². The third-order valence-corrected chi connectivity index (χ3v) is 4.72. The van der Waals surface area contributed by atoms with Gasteiger partial charge >= 0.3 is 0 Å². The van der Waals surface area contributed by atoms with E-state index in [-0.39, 0.29) is 6.04 Å². The lowest BCUT2D eigenvalue weighted by Crippen LogP contribution is -2.41. The minimum absolute atomic E-state index is 0.192. The van der Waals surface area contributed by atoms with Crippen molar-refractivity contribution in [3.8, 4) is 11.5 Å². The molecule has 0 aromatic heterocycles. The van der Waals surface area contributed by atoms with E-state index in [4.69, 9.17) is 21.1 Å². The largest absolute Gasteiger partial charge is 0.493 e. The molecule has 0 bridgehead atoms. The van der Waals surface area contributed by atoms with Crippen LogP contribution in [0.1, 0.15) is 17.2 Å². The second kappa shape index (κ2) is 10.8. The van der Waals surface area contributed by atoms with Crippen LogP contribution in [0.3, 0.4) is 0 Å². The first kappa shape index (κ1) is 21.9. The second-order valence-corrected chi connectivity index (χ2v) is 6.96. The Hall–Kier alpha value is -2.44. The van der Waals surface area contributed by atoms with Gasteiger partial charge in [-0.1, -0.05) is 29.8 Å². The van der Waals surface area contributed by atoms with Crippen molar-refractivity contribution in [2.45, 2.75) is 12.6 Å². The molecule has 0 spiro atoms. The maximum absolute atomic E-state index is 6.01. The lowest BCUT2D eigenvalue weighted by atomic mass is 10.1. The van der Waals surface area contributed by atoms with E-state index in [1.165, 1.54) is 5.56 Å². The fraction of sp³-hybridized carbons (Fsp3) is 0.381. The molecule has 0 fully saturated rings. The summed E-state index contributed by atoms with van der Waals surface area (Å²) < 4.78 is 10.6. The molecule has 0 aliphatic carbocycles. The Morgan fingerprint density at radius 1 is 1.04 bits per heavy atom. The van der Waals surface area contributed by atoms with Crippen molar-refractivity contribution < 1.29 is 9.47 Å².